The van der Waals surface area contributed by atoms with Crippen LogP contribution in [-0.2, 0) is 0 Å². The van der Waals surface area contributed by atoms with Crippen LogP contribution in [0.3, 0.4) is 0 Å². The van der Waals surface area contributed by atoms with E-state index in [9.17, 15) is 0 Å². The molecule has 1 aromatic heterocycles. The van der Waals surface area contributed by atoms with Crippen LogP contribution in [0, 0.1) is 13.8 Å². The second-order valence-electron chi connectivity index (χ2n) is 5.66. The number of nitrogens with one attached hydrogen (secondary N) is 2. The Morgan fingerprint density at radius 3 is 2.28 bits per heavy atom. The molecule has 6 heteroatoms. The first-order valence-corrected chi connectivity index (χ1v) is 8.21. The van der Waals surface area contributed by atoms with Gasteiger partial charge in [-0.2, -0.15) is 4.98 Å². The van der Waals surface area contributed by atoms with E-state index in [1.165, 1.54) is 0 Å². The summed E-state index contributed by atoms with van der Waals surface area (Å²) in [4.78, 5) is 8.94. The lowest BCUT2D eigenvalue weighted by Crippen LogP contribution is -2.02. The van der Waals surface area contributed by atoms with Crippen molar-refractivity contribution in [2.24, 2.45) is 0 Å². The topological polar surface area (TPSA) is 59.1 Å². The van der Waals surface area contributed by atoms with Gasteiger partial charge in [-0.25, -0.2) is 4.98 Å². The zero-order valence-corrected chi connectivity index (χ0v) is 15.1. The fraction of sp³-hybridized carbons (Fsp3) is 0.158. The third-order valence-corrected chi connectivity index (χ3v) is 4.05. The highest BCUT2D eigenvalue weighted by Crippen LogP contribution is 2.24. The lowest BCUT2D eigenvalue weighted by molar-refractivity contribution is 0.415. The molecular formula is C19H19ClN4O. The Kier molecular flexibility index (Phi) is 5.05. The van der Waals surface area contributed by atoms with E-state index in [-0.39, 0.29) is 0 Å². The Morgan fingerprint density at radius 1 is 0.880 bits per heavy atom. The molecule has 0 fully saturated rings. The molecule has 0 aliphatic heterocycles. The summed E-state index contributed by atoms with van der Waals surface area (Å²) in [6.07, 6.45) is 0. The lowest BCUT2D eigenvalue weighted by Gasteiger charge is -2.11. The van der Waals surface area contributed by atoms with E-state index in [0.29, 0.717) is 16.8 Å². The highest BCUT2D eigenvalue weighted by Gasteiger charge is 2.05. The van der Waals surface area contributed by atoms with Crippen LogP contribution >= 0.6 is 11.6 Å². The zero-order chi connectivity index (χ0) is 17.8. The maximum absolute atomic E-state index is 6.18. The van der Waals surface area contributed by atoms with Gasteiger partial charge in [0, 0.05) is 28.2 Å². The third-order valence-electron chi connectivity index (χ3n) is 3.64. The molecule has 0 aliphatic rings. The van der Waals surface area contributed by atoms with Gasteiger partial charge in [0.2, 0.25) is 5.95 Å². The van der Waals surface area contributed by atoms with E-state index in [2.05, 4.69) is 20.6 Å². The summed E-state index contributed by atoms with van der Waals surface area (Å²) >= 11 is 6.18. The minimum atomic E-state index is 0.519. The first-order chi connectivity index (χ1) is 12.0. The molecular weight excluding hydrogens is 336 g/mol. The molecule has 3 rings (SSSR count). The predicted octanol–water partition coefficient (Wildman–Crippen LogP) is 5.24. The van der Waals surface area contributed by atoms with Gasteiger partial charge in [0.15, 0.2) is 0 Å². The van der Waals surface area contributed by atoms with Crippen LogP contribution in [0.5, 0.6) is 5.75 Å². The van der Waals surface area contributed by atoms with Crippen molar-refractivity contribution < 1.29 is 4.74 Å². The number of hydrogen-bond donors (Lipinski definition) is 2. The van der Waals surface area contributed by atoms with Crippen molar-refractivity contribution in [3.8, 4) is 5.75 Å². The molecule has 1 heterocycles. The van der Waals surface area contributed by atoms with E-state index in [1.807, 2.05) is 62.4 Å². The van der Waals surface area contributed by atoms with Gasteiger partial charge in [-0.1, -0.05) is 17.7 Å². The quantitative estimate of drug-likeness (QED) is 0.656. The fourth-order valence-corrected chi connectivity index (χ4v) is 2.49. The van der Waals surface area contributed by atoms with Gasteiger partial charge in [-0.3, -0.25) is 0 Å². The second kappa shape index (κ2) is 7.40. The lowest BCUT2D eigenvalue weighted by atomic mass is 10.2. The number of benzene rings is 2. The van der Waals surface area contributed by atoms with Crippen molar-refractivity contribution in [1.29, 1.82) is 0 Å². The van der Waals surface area contributed by atoms with E-state index >= 15 is 0 Å². The van der Waals surface area contributed by atoms with Crippen LogP contribution in [-0.4, -0.2) is 17.1 Å². The fourth-order valence-electron chi connectivity index (χ4n) is 2.31. The molecule has 0 amide bonds. The van der Waals surface area contributed by atoms with E-state index < -0.39 is 0 Å². The van der Waals surface area contributed by atoms with Gasteiger partial charge in [-0.15, -0.1) is 0 Å². The molecule has 0 unspecified atom stereocenters. The van der Waals surface area contributed by atoms with Crippen molar-refractivity contribution >= 4 is 34.7 Å². The molecule has 25 heavy (non-hydrogen) atoms. The highest BCUT2D eigenvalue weighted by atomic mass is 35.5. The van der Waals surface area contributed by atoms with Crippen LogP contribution in [0.4, 0.5) is 23.1 Å². The normalized spacial score (nSPS) is 10.4. The average Bonchev–Trinajstić information content (AvgIpc) is 2.58. The monoisotopic (exact) mass is 354 g/mol. The molecule has 0 atom stereocenters. The Hall–Kier alpha value is -2.79. The van der Waals surface area contributed by atoms with Crippen LogP contribution in [0.25, 0.3) is 0 Å². The maximum atomic E-state index is 6.18. The summed E-state index contributed by atoms with van der Waals surface area (Å²) in [7, 11) is 1.64. The number of hydrogen-bond acceptors (Lipinski definition) is 5. The van der Waals surface area contributed by atoms with Gasteiger partial charge in [0.1, 0.15) is 11.6 Å². The number of rotatable bonds is 5. The van der Waals surface area contributed by atoms with Crippen LogP contribution in [0.15, 0.2) is 48.5 Å². The van der Waals surface area contributed by atoms with Crippen molar-refractivity contribution in [3.05, 3.63) is 64.8 Å². The molecule has 2 aromatic carbocycles. The van der Waals surface area contributed by atoms with Gasteiger partial charge >= 0.3 is 0 Å². The summed E-state index contributed by atoms with van der Waals surface area (Å²) in [5.74, 6) is 2.02. The number of halogens is 1. The Morgan fingerprint density at radius 2 is 1.60 bits per heavy atom. The minimum absolute atomic E-state index is 0.519. The molecule has 0 saturated carbocycles. The molecule has 0 saturated heterocycles. The van der Waals surface area contributed by atoms with Crippen molar-refractivity contribution in [3.63, 3.8) is 0 Å². The summed E-state index contributed by atoms with van der Waals surface area (Å²) in [6.45, 7) is 3.89. The smallest absolute Gasteiger partial charge is 0.229 e. The number of aromatic nitrogens is 2. The maximum Gasteiger partial charge on any atom is 0.229 e. The van der Waals surface area contributed by atoms with E-state index in [1.54, 1.807) is 7.11 Å². The first kappa shape index (κ1) is 17.0. The van der Waals surface area contributed by atoms with Gasteiger partial charge < -0.3 is 15.4 Å². The molecule has 3 aromatic rings. The van der Waals surface area contributed by atoms with Gasteiger partial charge in [0.05, 0.1) is 7.11 Å². The standard InChI is InChI=1S/C19H19ClN4O/c1-12-4-5-15(11-17(12)20)22-18-10-13(2)21-19(24-18)23-14-6-8-16(25-3)9-7-14/h4-11H,1-3H3,(H2,21,22,23,24). The SMILES string of the molecule is COc1ccc(Nc2nc(C)cc(Nc3ccc(C)c(Cl)c3)n2)cc1. The molecule has 128 valence electrons. The summed E-state index contributed by atoms with van der Waals surface area (Å²) in [5.41, 5.74) is 3.65. The van der Waals surface area contributed by atoms with Gasteiger partial charge in [-0.05, 0) is 55.8 Å². The van der Waals surface area contributed by atoms with E-state index in [0.717, 1.165) is 28.4 Å². The minimum Gasteiger partial charge on any atom is -0.497 e. The van der Waals surface area contributed by atoms with Crippen molar-refractivity contribution in [2.75, 3.05) is 17.7 Å². The second-order valence-corrected chi connectivity index (χ2v) is 6.07. The number of aryl methyl sites for hydroxylation is 2. The van der Waals surface area contributed by atoms with Crippen molar-refractivity contribution in [1.82, 2.24) is 9.97 Å². The van der Waals surface area contributed by atoms with E-state index in [4.69, 9.17) is 16.3 Å². The average molecular weight is 355 g/mol. The Labute approximate surface area is 152 Å². The first-order valence-electron chi connectivity index (χ1n) is 7.83. The summed E-state index contributed by atoms with van der Waals surface area (Å²) < 4.78 is 5.16. The summed E-state index contributed by atoms with van der Waals surface area (Å²) in [6, 6.07) is 15.3. The number of methoxy groups -OCH3 is 1. The molecule has 2 N–H and O–H groups in total. The van der Waals surface area contributed by atoms with Crippen molar-refractivity contribution in [2.45, 2.75) is 13.8 Å². The molecule has 5 nitrogen and oxygen atoms in total. The molecule has 0 bridgehead atoms. The van der Waals surface area contributed by atoms with Crippen LogP contribution < -0.4 is 15.4 Å². The molecule has 0 spiro atoms. The largest absolute Gasteiger partial charge is 0.497 e. The number of anilines is 4. The molecule has 0 radical (unpaired) electrons. The van der Waals surface area contributed by atoms with Crippen LogP contribution in [0.1, 0.15) is 11.3 Å². The number of ether oxygens (including phenoxy) is 1. The highest BCUT2D eigenvalue weighted by molar-refractivity contribution is 6.31. The Balaban J connectivity index is 1.80. The van der Waals surface area contributed by atoms with Gasteiger partial charge in [0.25, 0.3) is 0 Å². The predicted molar refractivity (Wildman–Crippen MR) is 103 cm³/mol. The third kappa shape index (κ3) is 4.39. The summed E-state index contributed by atoms with van der Waals surface area (Å²) in [5, 5.41) is 7.18. The zero-order valence-electron chi connectivity index (χ0n) is 14.3. The number of nitrogens with zero attached hydrogens (tertiary/aromatic N) is 2. The molecule has 0 aliphatic carbocycles. The Bertz CT molecular complexity index is 881. The van der Waals surface area contributed by atoms with Crippen LogP contribution in [0.2, 0.25) is 5.02 Å².